The minimum Gasteiger partial charge on any atom is -0.360 e. The molecule has 27 heavy (non-hydrogen) atoms. The number of halogens is 1. The standard InChI is InChI=1S/C17H22N4O4S.ClH/c1-12-16(13(2)25-19-12)26(23,24)21-9-7-20(8-10-21)17(22)15-5-3-14(11-18)4-6-15;/h3-6H,7-11,18H2,1-2H3;1H. The molecule has 1 saturated heterocycles. The van der Waals surface area contributed by atoms with Crippen LogP contribution >= 0.6 is 12.4 Å². The van der Waals surface area contributed by atoms with Gasteiger partial charge in [-0.3, -0.25) is 4.79 Å². The Morgan fingerprint density at radius 2 is 1.74 bits per heavy atom. The Morgan fingerprint density at radius 1 is 1.15 bits per heavy atom. The van der Waals surface area contributed by atoms with Gasteiger partial charge in [0.2, 0.25) is 10.0 Å². The molecular formula is C17H23ClN4O4S. The van der Waals surface area contributed by atoms with E-state index in [-0.39, 0.29) is 42.1 Å². The number of sulfonamides is 1. The van der Waals surface area contributed by atoms with Gasteiger partial charge in [-0.1, -0.05) is 17.3 Å². The predicted molar refractivity (Wildman–Crippen MR) is 102 cm³/mol. The van der Waals surface area contributed by atoms with Gasteiger partial charge in [0, 0.05) is 38.3 Å². The lowest BCUT2D eigenvalue weighted by Crippen LogP contribution is -2.50. The molecule has 8 nitrogen and oxygen atoms in total. The Bertz CT molecular complexity index is 884. The normalized spacial score (nSPS) is 15.4. The largest absolute Gasteiger partial charge is 0.360 e. The van der Waals surface area contributed by atoms with Crippen LogP contribution in [0.15, 0.2) is 33.7 Å². The van der Waals surface area contributed by atoms with E-state index in [0.717, 1.165) is 5.56 Å². The van der Waals surface area contributed by atoms with E-state index in [1.54, 1.807) is 30.9 Å². The number of piperazine rings is 1. The lowest BCUT2D eigenvalue weighted by Gasteiger charge is -2.34. The fourth-order valence-electron chi connectivity index (χ4n) is 3.07. The van der Waals surface area contributed by atoms with Crippen LogP contribution in [-0.4, -0.2) is 54.9 Å². The molecule has 1 aromatic heterocycles. The van der Waals surface area contributed by atoms with Crippen molar-refractivity contribution in [3.05, 3.63) is 46.8 Å². The van der Waals surface area contributed by atoms with Gasteiger partial charge >= 0.3 is 0 Å². The molecule has 2 heterocycles. The van der Waals surface area contributed by atoms with Crippen molar-refractivity contribution in [1.29, 1.82) is 0 Å². The van der Waals surface area contributed by atoms with E-state index in [0.29, 0.717) is 30.9 Å². The number of nitrogens with zero attached hydrogens (tertiary/aromatic N) is 3. The van der Waals surface area contributed by atoms with E-state index in [1.807, 2.05) is 12.1 Å². The van der Waals surface area contributed by atoms with Gasteiger partial charge in [-0.2, -0.15) is 4.31 Å². The lowest BCUT2D eigenvalue weighted by molar-refractivity contribution is 0.0698. The summed E-state index contributed by atoms with van der Waals surface area (Å²) in [7, 11) is -3.68. The molecule has 2 N–H and O–H groups in total. The summed E-state index contributed by atoms with van der Waals surface area (Å²) in [6, 6.07) is 7.14. The Hall–Kier alpha value is -1.94. The molecule has 1 aliphatic rings. The number of aryl methyl sites for hydroxylation is 2. The molecule has 2 aromatic rings. The Kier molecular flexibility index (Phi) is 6.63. The van der Waals surface area contributed by atoms with E-state index in [1.165, 1.54) is 4.31 Å². The van der Waals surface area contributed by atoms with Gasteiger partial charge in [-0.15, -0.1) is 12.4 Å². The Balaban J connectivity index is 0.00000261. The second-order valence-corrected chi connectivity index (χ2v) is 8.13. The second-order valence-electron chi connectivity index (χ2n) is 6.25. The van der Waals surface area contributed by atoms with E-state index >= 15 is 0 Å². The quantitative estimate of drug-likeness (QED) is 0.807. The summed E-state index contributed by atoms with van der Waals surface area (Å²) in [5.74, 6) is 0.170. The van der Waals surface area contributed by atoms with Crippen LogP contribution in [0.25, 0.3) is 0 Å². The van der Waals surface area contributed by atoms with Crippen molar-refractivity contribution in [2.45, 2.75) is 25.3 Å². The van der Waals surface area contributed by atoms with Crippen molar-refractivity contribution in [2.75, 3.05) is 26.2 Å². The molecule has 148 valence electrons. The summed E-state index contributed by atoms with van der Waals surface area (Å²) >= 11 is 0. The molecule has 1 aliphatic heterocycles. The third kappa shape index (κ3) is 4.16. The monoisotopic (exact) mass is 414 g/mol. The molecule has 0 saturated carbocycles. The number of benzene rings is 1. The summed E-state index contributed by atoms with van der Waals surface area (Å²) in [5.41, 5.74) is 7.44. The maximum absolute atomic E-state index is 12.8. The van der Waals surface area contributed by atoms with E-state index in [4.69, 9.17) is 10.3 Å². The molecular weight excluding hydrogens is 392 g/mol. The van der Waals surface area contributed by atoms with Crippen molar-refractivity contribution >= 4 is 28.3 Å². The highest BCUT2D eigenvalue weighted by molar-refractivity contribution is 7.89. The van der Waals surface area contributed by atoms with Crippen molar-refractivity contribution in [1.82, 2.24) is 14.4 Å². The van der Waals surface area contributed by atoms with Crippen molar-refractivity contribution in [3.8, 4) is 0 Å². The smallest absolute Gasteiger partial charge is 0.253 e. The number of carbonyl (C=O) groups is 1. The first-order valence-corrected chi connectivity index (χ1v) is 9.80. The number of hydrogen-bond donors (Lipinski definition) is 1. The molecule has 1 aromatic carbocycles. The van der Waals surface area contributed by atoms with Crippen LogP contribution in [0.2, 0.25) is 0 Å². The van der Waals surface area contributed by atoms with Gasteiger partial charge in [0.1, 0.15) is 10.6 Å². The zero-order valence-electron chi connectivity index (χ0n) is 15.2. The third-order valence-corrected chi connectivity index (χ3v) is 6.67. The topological polar surface area (TPSA) is 110 Å². The molecule has 0 aliphatic carbocycles. The number of carbonyl (C=O) groups excluding carboxylic acids is 1. The first-order chi connectivity index (χ1) is 12.3. The lowest BCUT2D eigenvalue weighted by atomic mass is 10.1. The minimum atomic E-state index is -3.68. The maximum atomic E-state index is 12.8. The van der Waals surface area contributed by atoms with Crippen LogP contribution in [0.5, 0.6) is 0 Å². The van der Waals surface area contributed by atoms with Gasteiger partial charge in [-0.25, -0.2) is 8.42 Å². The summed E-state index contributed by atoms with van der Waals surface area (Å²) < 4.78 is 32.0. The summed E-state index contributed by atoms with van der Waals surface area (Å²) in [6.07, 6.45) is 0. The summed E-state index contributed by atoms with van der Waals surface area (Å²) in [5, 5.41) is 3.72. The van der Waals surface area contributed by atoms with E-state index in [2.05, 4.69) is 5.16 Å². The van der Waals surface area contributed by atoms with Crippen LogP contribution in [0.1, 0.15) is 27.4 Å². The van der Waals surface area contributed by atoms with Gasteiger partial charge in [-0.05, 0) is 31.5 Å². The number of hydrogen-bond acceptors (Lipinski definition) is 6. The SMILES string of the molecule is Cc1noc(C)c1S(=O)(=O)N1CCN(C(=O)c2ccc(CN)cc2)CC1.Cl. The van der Waals surface area contributed by atoms with Crippen LogP contribution in [0, 0.1) is 13.8 Å². The van der Waals surface area contributed by atoms with Crippen LogP contribution < -0.4 is 5.73 Å². The molecule has 1 amide bonds. The molecule has 0 unspecified atom stereocenters. The second kappa shape index (κ2) is 8.39. The van der Waals surface area contributed by atoms with Crippen molar-refractivity contribution < 1.29 is 17.7 Å². The third-order valence-electron chi connectivity index (χ3n) is 4.53. The highest BCUT2D eigenvalue weighted by atomic mass is 35.5. The fourth-order valence-corrected chi connectivity index (χ4v) is 4.78. The predicted octanol–water partition coefficient (Wildman–Crippen LogP) is 1.32. The number of amides is 1. The highest BCUT2D eigenvalue weighted by Gasteiger charge is 2.34. The molecule has 0 spiro atoms. The first-order valence-electron chi connectivity index (χ1n) is 8.36. The van der Waals surface area contributed by atoms with Gasteiger partial charge in [0.05, 0.1) is 0 Å². The average Bonchev–Trinajstić information content (AvgIpc) is 3.00. The number of nitrogens with two attached hydrogens (primary N) is 1. The first kappa shape index (κ1) is 21.4. The molecule has 1 fully saturated rings. The van der Waals surface area contributed by atoms with Crippen LogP contribution in [-0.2, 0) is 16.6 Å². The van der Waals surface area contributed by atoms with Crippen molar-refractivity contribution in [2.24, 2.45) is 5.73 Å². The highest BCUT2D eigenvalue weighted by Crippen LogP contribution is 2.24. The van der Waals surface area contributed by atoms with Crippen LogP contribution in [0.3, 0.4) is 0 Å². The van der Waals surface area contributed by atoms with Crippen molar-refractivity contribution in [3.63, 3.8) is 0 Å². The Morgan fingerprint density at radius 3 is 2.22 bits per heavy atom. The summed E-state index contributed by atoms with van der Waals surface area (Å²) in [4.78, 5) is 14.4. The molecule has 3 rings (SSSR count). The minimum absolute atomic E-state index is 0. The molecule has 0 atom stereocenters. The Labute approximate surface area is 164 Å². The zero-order valence-corrected chi connectivity index (χ0v) is 16.8. The molecule has 0 radical (unpaired) electrons. The molecule has 0 bridgehead atoms. The fraction of sp³-hybridized carbons (Fsp3) is 0.412. The van der Waals surface area contributed by atoms with E-state index < -0.39 is 10.0 Å². The van der Waals surface area contributed by atoms with Crippen LogP contribution in [0.4, 0.5) is 0 Å². The maximum Gasteiger partial charge on any atom is 0.253 e. The van der Waals surface area contributed by atoms with Gasteiger partial charge < -0.3 is 15.2 Å². The molecule has 10 heteroatoms. The van der Waals surface area contributed by atoms with E-state index in [9.17, 15) is 13.2 Å². The number of rotatable bonds is 4. The van der Waals surface area contributed by atoms with Gasteiger partial charge in [0.15, 0.2) is 5.76 Å². The number of aromatic nitrogens is 1. The average molecular weight is 415 g/mol. The zero-order chi connectivity index (χ0) is 18.9. The summed E-state index contributed by atoms with van der Waals surface area (Å²) in [6.45, 7) is 4.75. The van der Waals surface area contributed by atoms with Gasteiger partial charge in [0.25, 0.3) is 5.91 Å².